The second-order valence-electron chi connectivity index (χ2n) is 9.78. The molecule has 4 aromatic rings. The van der Waals surface area contributed by atoms with Gasteiger partial charge in [-0.05, 0) is 65.5 Å². The molecule has 0 spiro atoms. The molecule has 0 bridgehead atoms. The minimum atomic E-state index is -0.282. The maximum Gasteiger partial charge on any atom is 0.260 e. The second kappa shape index (κ2) is 10.6. The number of hydrogen-bond acceptors (Lipinski definition) is 7. The van der Waals surface area contributed by atoms with Crippen LogP contribution >= 0.6 is 0 Å². The van der Waals surface area contributed by atoms with Gasteiger partial charge in [0.1, 0.15) is 17.3 Å². The van der Waals surface area contributed by atoms with Crippen LogP contribution in [0.3, 0.4) is 0 Å². The number of hydrogen-bond donors (Lipinski definition) is 1. The van der Waals surface area contributed by atoms with Gasteiger partial charge in [-0.1, -0.05) is 71.9 Å². The molecule has 0 saturated carbocycles. The molecule has 0 amide bonds. The molecule has 2 aliphatic rings. The van der Waals surface area contributed by atoms with E-state index in [1.807, 2.05) is 78.9 Å². The third-order valence-corrected chi connectivity index (χ3v) is 7.17. The molecule has 0 saturated heterocycles. The zero-order valence-corrected chi connectivity index (χ0v) is 22.4. The Morgan fingerprint density at radius 3 is 2.25 bits per heavy atom. The summed E-state index contributed by atoms with van der Waals surface area (Å²) < 4.78 is 22.9. The van der Waals surface area contributed by atoms with Crippen LogP contribution in [0, 0.1) is 0 Å². The first-order chi connectivity index (χ1) is 19.5. The van der Waals surface area contributed by atoms with E-state index in [2.05, 4.69) is 17.8 Å². The Morgan fingerprint density at radius 2 is 1.57 bits per heavy atom. The van der Waals surface area contributed by atoms with Crippen molar-refractivity contribution in [3.05, 3.63) is 131 Å². The minimum absolute atomic E-state index is 0.232. The summed E-state index contributed by atoms with van der Waals surface area (Å²) in [7, 11) is 3.31. The molecule has 7 heteroatoms. The highest BCUT2D eigenvalue weighted by molar-refractivity contribution is 5.77. The minimum Gasteiger partial charge on any atom is -0.497 e. The van der Waals surface area contributed by atoms with Crippen LogP contribution in [0.1, 0.15) is 35.8 Å². The fourth-order valence-corrected chi connectivity index (χ4v) is 5.26. The molecule has 2 N–H and O–H groups in total. The fraction of sp³-hybridized carbons (Fsp3) is 0.152. The average Bonchev–Trinajstić information content (AvgIpc) is 3.48. The summed E-state index contributed by atoms with van der Waals surface area (Å²) in [5.41, 5.74) is 13.3. The van der Waals surface area contributed by atoms with Crippen molar-refractivity contribution < 1.29 is 18.7 Å². The van der Waals surface area contributed by atoms with Crippen LogP contribution in [0.4, 0.5) is 0 Å². The molecule has 40 heavy (non-hydrogen) atoms. The molecule has 2 heterocycles. The normalized spacial score (nSPS) is 18.0. The lowest BCUT2D eigenvalue weighted by Gasteiger charge is -2.35. The third kappa shape index (κ3) is 4.78. The summed E-state index contributed by atoms with van der Waals surface area (Å²) >= 11 is 0. The average molecular weight is 532 g/mol. The maximum absolute atomic E-state index is 6.68. The topological polar surface area (TPSA) is 92.6 Å². The van der Waals surface area contributed by atoms with Crippen LogP contribution in [-0.2, 0) is 4.74 Å². The van der Waals surface area contributed by atoms with Crippen molar-refractivity contribution >= 4 is 11.6 Å². The van der Waals surface area contributed by atoms with Gasteiger partial charge in [0, 0.05) is 11.5 Å². The molecule has 1 unspecified atom stereocenters. The van der Waals surface area contributed by atoms with Crippen molar-refractivity contribution in [3.63, 3.8) is 0 Å². The molecule has 1 aliphatic carbocycles. The molecule has 1 aromatic heterocycles. The van der Waals surface area contributed by atoms with Crippen LogP contribution in [0.25, 0.3) is 23.0 Å². The number of aromatic nitrogens is 2. The summed E-state index contributed by atoms with van der Waals surface area (Å²) in [5, 5.41) is 4.25. The van der Waals surface area contributed by atoms with E-state index >= 15 is 0 Å². The molecule has 3 aromatic carbocycles. The Kier molecular flexibility index (Phi) is 6.70. The van der Waals surface area contributed by atoms with Crippen molar-refractivity contribution in [2.24, 2.45) is 5.73 Å². The maximum atomic E-state index is 6.68. The van der Waals surface area contributed by atoms with E-state index < -0.39 is 0 Å². The standard InChI is InChI=1S/C33H29N3O4/c1-20-17-24(19-21-9-13-25(37-2)14-10-21)30-27(18-20)28(22-11-15-26(38-3)16-12-22)29(31(34)39-30)33-35-32(36-40-33)23-7-5-4-6-8-23/h4-16,19,28H,1,17-18,34H2,2-3H3/b24-19+. The molecule has 200 valence electrons. The fourth-order valence-electron chi connectivity index (χ4n) is 5.26. The van der Waals surface area contributed by atoms with Gasteiger partial charge in [0.05, 0.1) is 19.8 Å². The lowest BCUT2D eigenvalue weighted by Crippen LogP contribution is -2.24. The van der Waals surface area contributed by atoms with Crippen molar-refractivity contribution in [2.75, 3.05) is 14.2 Å². The van der Waals surface area contributed by atoms with Crippen LogP contribution < -0.4 is 15.2 Å². The Morgan fingerprint density at radius 1 is 0.900 bits per heavy atom. The first-order valence-corrected chi connectivity index (χ1v) is 13.0. The van der Waals surface area contributed by atoms with E-state index in [1.165, 1.54) is 0 Å². The summed E-state index contributed by atoms with van der Waals surface area (Å²) in [4.78, 5) is 4.73. The molecule has 1 atom stereocenters. The number of rotatable bonds is 6. The van der Waals surface area contributed by atoms with Gasteiger partial charge in [-0.25, -0.2) is 0 Å². The lowest BCUT2D eigenvalue weighted by molar-refractivity contribution is 0.286. The molecular formula is C33H29N3O4. The van der Waals surface area contributed by atoms with Crippen LogP contribution in [-0.4, -0.2) is 24.4 Å². The highest BCUT2D eigenvalue weighted by atomic mass is 16.5. The van der Waals surface area contributed by atoms with E-state index in [9.17, 15) is 0 Å². The number of ether oxygens (including phenoxy) is 3. The van der Waals surface area contributed by atoms with E-state index in [-0.39, 0.29) is 11.8 Å². The molecule has 6 rings (SSSR count). The van der Waals surface area contributed by atoms with Gasteiger partial charge in [-0.3, -0.25) is 0 Å². The quantitative estimate of drug-likeness (QED) is 0.271. The van der Waals surface area contributed by atoms with Gasteiger partial charge < -0.3 is 24.5 Å². The molecule has 7 nitrogen and oxygen atoms in total. The third-order valence-electron chi connectivity index (χ3n) is 7.17. The number of nitrogens with zero attached hydrogens (tertiary/aromatic N) is 2. The number of allylic oxidation sites excluding steroid dienone is 4. The highest BCUT2D eigenvalue weighted by Gasteiger charge is 2.39. The van der Waals surface area contributed by atoms with Crippen molar-refractivity contribution in [1.82, 2.24) is 10.1 Å². The predicted octanol–water partition coefficient (Wildman–Crippen LogP) is 6.88. The van der Waals surface area contributed by atoms with Gasteiger partial charge in [-0.2, -0.15) is 4.98 Å². The molecular weight excluding hydrogens is 502 g/mol. The Labute approximate surface area is 232 Å². The van der Waals surface area contributed by atoms with Gasteiger partial charge in [0.2, 0.25) is 11.7 Å². The SMILES string of the molecule is C=C1CC2=C(OC(N)=C(c3nc(-c4ccccc4)no3)C2c2ccc(OC)cc2)/C(=C/c2ccc(OC)cc2)C1. The van der Waals surface area contributed by atoms with Crippen LogP contribution in [0.2, 0.25) is 0 Å². The van der Waals surface area contributed by atoms with E-state index in [1.54, 1.807) is 14.2 Å². The van der Waals surface area contributed by atoms with E-state index in [4.69, 9.17) is 29.5 Å². The Bertz CT molecular complexity index is 1650. The zero-order valence-electron chi connectivity index (χ0n) is 22.4. The number of methoxy groups -OCH3 is 2. The van der Waals surface area contributed by atoms with Gasteiger partial charge >= 0.3 is 0 Å². The molecule has 0 fully saturated rings. The number of nitrogens with two attached hydrogens (primary N) is 1. The Balaban J connectivity index is 1.48. The van der Waals surface area contributed by atoms with Gasteiger partial charge in [-0.15, -0.1) is 0 Å². The van der Waals surface area contributed by atoms with Crippen molar-refractivity contribution in [1.29, 1.82) is 0 Å². The molecule has 1 aliphatic heterocycles. The Hall–Kier alpha value is -5.04. The second-order valence-corrected chi connectivity index (χ2v) is 9.78. The highest BCUT2D eigenvalue weighted by Crippen LogP contribution is 2.51. The van der Waals surface area contributed by atoms with E-state index in [0.29, 0.717) is 30.1 Å². The van der Waals surface area contributed by atoms with Crippen molar-refractivity contribution in [3.8, 4) is 22.9 Å². The smallest absolute Gasteiger partial charge is 0.260 e. The largest absolute Gasteiger partial charge is 0.497 e. The summed E-state index contributed by atoms with van der Waals surface area (Å²) in [6, 6.07) is 25.5. The van der Waals surface area contributed by atoms with Crippen LogP contribution in [0.15, 0.2) is 118 Å². The summed E-state index contributed by atoms with van der Waals surface area (Å²) in [6.45, 7) is 4.37. The summed E-state index contributed by atoms with van der Waals surface area (Å²) in [5.74, 6) is 3.08. The van der Waals surface area contributed by atoms with E-state index in [0.717, 1.165) is 50.7 Å². The molecule has 0 radical (unpaired) electrons. The van der Waals surface area contributed by atoms with Crippen LogP contribution in [0.5, 0.6) is 11.5 Å². The van der Waals surface area contributed by atoms with Crippen molar-refractivity contribution in [2.45, 2.75) is 18.8 Å². The first-order valence-electron chi connectivity index (χ1n) is 13.0. The zero-order chi connectivity index (χ0) is 27.6. The predicted molar refractivity (Wildman–Crippen MR) is 154 cm³/mol. The van der Waals surface area contributed by atoms with Gasteiger partial charge in [0.15, 0.2) is 0 Å². The number of benzene rings is 3. The first kappa shape index (κ1) is 25.2. The van der Waals surface area contributed by atoms with Gasteiger partial charge in [0.25, 0.3) is 5.89 Å². The lowest BCUT2D eigenvalue weighted by atomic mass is 9.75. The monoisotopic (exact) mass is 531 g/mol. The summed E-state index contributed by atoms with van der Waals surface area (Å²) in [6.07, 6.45) is 3.45.